The summed E-state index contributed by atoms with van der Waals surface area (Å²) in [5.41, 5.74) is 0. The third-order valence-electron chi connectivity index (χ3n) is 5.90. The molecule has 3 fully saturated rings. The maximum absolute atomic E-state index is 12.2. The van der Waals surface area contributed by atoms with Crippen molar-refractivity contribution in [2.75, 3.05) is 20.1 Å². The van der Waals surface area contributed by atoms with Crippen molar-refractivity contribution in [3.05, 3.63) is 0 Å². The van der Waals surface area contributed by atoms with Crippen LogP contribution in [0.25, 0.3) is 0 Å². The second-order valence-electron chi connectivity index (χ2n) is 7.80. The molecule has 0 aromatic rings. The summed E-state index contributed by atoms with van der Waals surface area (Å²) in [7, 11) is 1.92. The molecule has 5 unspecified atom stereocenters. The molecule has 4 heteroatoms. The molecule has 0 spiro atoms. The number of fused-ring (bicyclic) bond motifs is 2. The number of rotatable bonds is 7. The van der Waals surface area contributed by atoms with Crippen LogP contribution >= 0.6 is 0 Å². The Morgan fingerprint density at radius 1 is 1.29 bits per heavy atom. The fraction of sp³-hybridized carbons (Fsp3) is 0.941. The van der Waals surface area contributed by atoms with Crippen LogP contribution in [-0.4, -0.2) is 48.2 Å². The van der Waals surface area contributed by atoms with E-state index in [1.807, 2.05) is 11.9 Å². The summed E-state index contributed by atoms with van der Waals surface area (Å²) < 4.78 is 0. The van der Waals surface area contributed by atoms with Crippen LogP contribution < -0.4 is 5.32 Å². The Morgan fingerprint density at radius 3 is 2.62 bits per heavy atom. The highest BCUT2D eigenvalue weighted by atomic mass is 16.3. The average molecular weight is 294 g/mol. The van der Waals surface area contributed by atoms with E-state index in [2.05, 4.69) is 12.2 Å². The molecular weight excluding hydrogens is 264 g/mol. The summed E-state index contributed by atoms with van der Waals surface area (Å²) in [6.45, 7) is 3.18. The summed E-state index contributed by atoms with van der Waals surface area (Å²) in [5, 5.41) is 13.1. The number of hydrogen-bond acceptors (Lipinski definition) is 3. The smallest absolute Gasteiger partial charge is 0.234 e. The molecule has 2 N–H and O–H groups in total. The molecule has 3 aliphatic carbocycles. The summed E-state index contributed by atoms with van der Waals surface area (Å²) in [6, 6.07) is 0.301. The van der Waals surface area contributed by atoms with Gasteiger partial charge in [-0.3, -0.25) is 9.69 Å². The molecule has 5 atom stereocenters. The normalized spacial score (nSPS) is 34.2. The first kappa shape index (κ1) is 15.3. The van der Waals surface area contributed by atoms with E-state index in [1.54, 1.807) is 0 Å². The topological polar surface area (TPSA) is 52.6 Å². The molecule has 3 saturated carbocycles. The first-order valence-corrected chi connectivity index (χ1v) is 8.69. The number of nitrogens with zero attached hydrogens (tertiary/aromatic N) is 1. The lowest BCUT2D eigenvalue weighted by atomic mass is 9.84. The molecule has 3 aliphatic rings. The van der Waals surface area contributed by atoms with Gasteiger partial charge in [0.05, 0.1) is 12.6 Å². The van der Waals surface area contributed by atoms with Gasteiger partial charge in [0.1, 0.15) is 0 Å². The van der Waals surface area contributed by atoms with Crippen LogP contribution in [0.3, 0.4) is 0 Å². The van der Waals surface area contributed by atoms with Gasteiger partial charge < -0.3 is 10.4 Å². The Morgan fingerprint density at radius 2 is 2.05 bits per heavy atom. The van der Waals surface area contributed by atoms with Crippen molar-refractivity contribution < 1.29 is 9.90 Å². The predicted octanol–water partition coefficient (Wildman–Crippen LogP) is 1.63. The van der Waals surface area contributed by atoms with Crippen molar-refractivity contribution in [2.24, 2.45) is 23.7 Å². The van der Waals surface area contributed by atoms with E-state index < -0.39 is 0 Å². The zero-order chi connectivity index (χ0) is 15.0. The second-order valence-corrected chi connectivity index (χ2v) is 7.80. The number of aliphatic hydroxyl groups is 1. The minimum Gasteiger partial charge on any atom is -0.392 e. The third kappa shape index (κ3) is 3.78. The van der Waals surface area contributed by atoms with Crippen LogP contribution in [0, 0.1) is 23.7 Å². The van der Waals surface area contributed by atoms with Crippen LogP contribution in [0.15, 0.2) is 0 Å². The standard InChI is InChI=1S/C17H30N2O2/c1-11(15-8-12-3-4-14(15)7-12)18-17(21)10-19(2)9-16(20)13-5-6-13/h11-16,20H,3-10H2,1-2H3,(H,18,21). The minimum absolute atomic E-state index is 0.107. The fourth-order valence-corrected chi connectivity index (χ4v) is 4.57. The molecule has 0 aromatic carbocycles. The van der Waals surface area contributed by atoms with Crippen molar-refractivity contribution in [1.29, 1.82) is 0 Å². The first-order chi connectivity index (χ1) is 10.0. The van der Waals surface area contributed by atoms with Gasteiger partial charge in [-0.25, -0.2) is 0 Å². The number of nitrogens with one attached hydrogen (secondary N) is 1. The van der Waals surface area contributed by atoms with Crippen molar-refractivity contribution >= 4 is 5.91 Å². The molecule has 0 saturated heterocycles. The summed E-state index contributed by atoms with van der Waals surface area (Å²) in [6.07, 6.45) is 7.49. The molecule has 1 amide bonds. The molecule has 120 valence electrons. The lowest BCUT2D eigenvalue weighted by molar-refractivity contribution is -0.123. The van der Waals surface area contributed by atoms with E-state index >= 15 is 0 Å². The van der Waals surface area contributed by atoms with E-state index in [0.29, 0.717) is 31.0 Å². The van der Waals surface area contributed by atoms with Gasteiger partial charge in [-0.1, -0.05) is 6.42 Å². The summed E-state index contributed by atoms with van der Waals surface area (Å²) >= 11 is 0. The Labute approximate surface area is 128 Å². The zero-order valence-corrected chi connectivity index (χ0v) is 13.4. The molecule has 21 heavy (non-hydrogen) atoms. The van der Waals surface area contributed by atoms with Crippen LogP contribution in [0.5, 0.6) is 0 Å². The fourth-order valence-electron chi connectivity index (χ4n) is 4.57. The highest BCUT2D eigenvalue weighted by molar-refractivity contribution is 5.78. The lowest BCUT2D eigenvalue weighted by Gasteiger charge is -2.29. The molecule has 0 radical (unpaired) electrons. The number of likely N-dealkylation sites (N-methyl/N-ethyl adjacent to an activating group) is 1. The quantitative estimate of drug-likeness (QED) is 0.750. The van der Waals surface area contributed by atoms with Gasteiger partial charge in [0.25, 0.3) is 0 Å². The predicted molar refractivity (Wildman–Crippen MR) is 82.8 cm³/mol. The van der Waals surface area contributed by atoms with E-state index in [0.717, 1.165) is 24.7 Å². The van der Waals surface area contributed by atoms with E-state index in [-0.39, 0.29) is 12.0 Å². The Hall–Kier alpha value is -0.610. The zero-order valence-electron chi connectivity index (χ0n) is 13.4. The van der Waals surface area contributed by atoms with Crippen molar-refractivity contribution in [1.82, 2.24) is 10.2 Å². The maximum atomic E-state index is 12.2. The average Bonchev–Trinajstić information content (AvgIpc) is 3.06. The highest BCUT2D eigenvalue weighted by Gasteiger charge is 2.42. The highest BCUT2D eigenvalue weighted by Crippen LogP contribution is 2.49. The molecule has 0 aromatic heterocycles. The first-order valence-electron chi connectivity index (χ1n) is 8.69. The van der Waals surface area contributed by atoms with E-state index in [1.165, 1.54) is 25.7 Å². The van der Waals surface area contributed by atoms with Crippen LogP contribution in [0.2, 0.25) is 0 Å². The second kappa shape index (κ2) is 6.25. The van der Waals surface area contributed by atoms with Crippen LogP contribution in [0.1, 0.15) is 45.4 Å². The number of carbonyl (C=O) groups excluding carboxylic acids is 1. The number of carbonyl (C=O) groups is 1. The number of hydrogen-bond donors (Lipinski definition) is 2. The molecule has 4 nitrogen and oxygen atoms in total. The largest absolute Gasteiger partial charge is 0.392 e. The van der Waals surface area contributed by atoms with Gasteiger partial charge in [0.2, 0.25) is 5.91 Å². The molecule has 3 rings (SSSR count). The van der Waals surface area contributed by atoms with E-state index in [4.69, 9.17) is 0 Å². The maximum Gasteiger partial charge on any atom is 0.234 e. The number of amides is 1. The third-order valence-corrected chi connectivity index (χ3v) is 5.90. The van der Waals surface area contributed by atoms with E-state index in [9.17, 15) is 9.90 Å². The van der Waals surface area contributed by atoms with Gasteiger partial charge in [-0.05, 0) is 69.7 Å². The van der Waals surface area contributed by atoms with Gasteiger partial charge in [-0.15, -0.1) is 0 Å². The van der Waals surface area contributed by atoms with Gasteiger partial charge >= 0.3 is 0 Å². The minimum atomic E-state index is -0.259. The Balaban J connectivity index is 1.39. The Bertz CT molecular complexity index is 383. The van der Waals surface area contributed by atoms with Crippen LogP contribution in [0.4, 0.5) is 0 Å². The Kier molecular flexibility index (Phi) is 4.55. The monoisotopic (exact) mass is 294 g/mol. The lowest BCUT2D eigenvalue weighted by Crippen LogP contribution is -2.45. The molecule has 2 bridgehead atoms. The number of aliphatic hydroxyl groups excluding tert-OH is 1. The van der Waals surface area contributed by atoms with Gasteiger partial charge in [0, 0.05) is 12.6 Å². The van der Waals surface area contributed by atoms with Crippen LogP contribution in [-0.2, 0) is 4.79 Å². The summed E-state index contributed by atoms with van der Waals surface area (Å²) in [5.74, 6) is 3.05. The van der Waals surface area contributed by atoms with Crippen molar-refractivity contribution in [3.8, 4) is 0 Å². The molecule has 0 heterocycles. The molecular formula is C17H30N2O2. The SMILES string of the molecule is CC(NC(=O)CN(C)CC(O)C1CC1)C1CC2CCC1C2. The van der Waals surface area contributed by atoms with Gasteiger partial charge in [0.15, 0.2) is 0 Å². The molecule has 0 aliphatic heterocycles. The van der Waals surface area contributed by atoms with Gasteiger partial charge in [-0.2, -0.15) is 0 Å². The van der Waals surface area contributed by atoms with Crippen molar-refractivity contribution in [2.45, 2.75) is 57.6 Å². The van der Waals surface area contributed by atoms with Crippen molar-refractivity contribution in [3.63, 3.8) is 0 Å². The summed E-state index contributed by atoms with van der Waals surface area (Å²) in [4.78, 5) is 14.1.